The number of piperidine rings is 3. The van der Waals surface area contributed by atoms with Gasteiger partial charge in [0.25, 0.3) is 0 Å². The molecule has 2 amide bonds. The molecule has 3 aliphatic rings. The van der Waals surface area contributed by atoms with Crippen molar-refractivity contribution in [1.29, 1.82) is 0 Å². The van der Waals surface area contributed by atoms with Crippen LogP contribution in [0.3, 0.4) is 0 Å². The predicted octanol–water partition coefficient (Wildman–Crippen LogP) is 1.33. The smallest absolute Gasteiger partial charge is 0.243 e. The van der Waals surface area contributed by atoms with Crippen LogP contribution in [-0.4, -0.2) is 60.9 Å². The standard InChI is InChI=1S/C19H27N3O4S2/c1-12-6-7-15(27-12)9-20-19(24)18-14-8-13(10-21(11-14)28(2,25)26)16-4-3-5-17(23)22(16)18/h6-7,13-14,16,18H,3-5,8-11H2,1-2H3,(H,20,24)/t13-,14+,16-,18+/m0/s1. The third kappa shape index (κ3) is 3.71. The highest BCUT2D eigenvalue weighted by Gasteiger charge is 2.52. The van der Waals surface area contributed by atoms with Crippen LogP contribution in [0.5, 0.6) is 0 Å². The van der Waals surface area contributed by atoms with Crippen LogP contribution in [0.25, 0.3) is 0 Å². The summed E-state index contributed by atoms with van der Waals surface area (Å²) >= 11 is 1.64. The van der Waals surface area contributed by atoms with Gasteiger partial charge in [0.1, 0.15) is 6.04 Å². The summed E-state index contributed by atoms with van der Waals surface area (Å²) in [4.78, 5) is 30.0. The summed E-state index contributed by atoms with van der Waals surface area (Å²) in [6.45, 7) is 3.22. The van der Waals surface area contributed by atoms with Gasteiger partial charge in [-0.25, -0.2) is 12.7 Å². The van der Waals surface area contributed by atoms with Crippen molar-refractivity contribution in [2.45, 2.75) is 51.2 Å². The number of fused-ring (bicyclic) bond motifs is 4. The second-order valence-electron chi connectivity index (χ2n) is 8.27. The third-order valence-electron chi connectivity index (χ3n) is 6.28. The summed E-state index contributed by atoms with van der Waals surface area (Å²) in [5.74, 6) is -0.172. The van der Waals surface area contributed by atoms with Gasteiger partial charge in [0.05, 0.1) is 12.8 Å². The van der Waals surface area contributed by atoms with Crippen molar-refractivity contribution in [3.05, 3.63) is 21.9 Å². The van der Waals surface area contributed by atoms with Crippen LogP contribution in [0.1, 0.15) is 35.4 Å². The quantitative estimate of drug-likeness (QED) is 0.789. The van der Waals surface area contributed by atoms with Gasteiger partial charge in [0.2, 0.25) is 21.8 Å². The second kappa shape index (κ2) is 7.42. The lowest BCUT2D eigenvalue weighted by Crippen LogP contribution is -2.68. The van der Waals surface area contributed by atoms with Gasteiger partial charge in [0.15, 0.2) is 0 Å². The molecule has 4 rings (SSSR count). The zero-order chi connectivity index (χ0) is 20.1. The summed E-state index contributed by atoms with van der Waals surface area (Å²) in [5.41, 5.74) is 0. The lowest BCUT2D eigenvalue weighted by atomic mass is 9.72. The first-order valence-corrected chi connectivity index (χ1v) is 12.5. The van der Waals surface area contributed by atoms with E-state index in [1.54, 1.807) is 16.2 Å². The molecule has 4 heterocycles. The lowest BCUT2D eigenvalue weighted by molar-refractivity contribution is -0.158. The van der Waals surface area contributed by atoms with Gasteiger partial charge in [-0.1, -0.05) is 0 Å². The molecular formula is C19H27N3O4S2. The van der Waals surface area contributed by atoms with Crippen LogP contribution in [-0.2, 0) is 26.2 Å². The first-order valence-electron chi connectivity index (χ1n) is 9.83. The molecular weight excluding hydrogens is 398 g/mol. The first kappa shape index (κ1) is 19.8. The summed E-state index contributed by atoms with van der Waals surface area (Å²) < 4.78 is 25.9. The molecule has 7 nitrogen and oxygen atoms in total. The normalized spacial score (nSPS) is 30.8. The molecule has 2 bridgehead atoms. The van der Waals surface area contributed by atoms with Gasteiger partial charge >= 0.3 is 0 Å². The summed E-state index contributed by atoms with van der Waals surface area (Å²) in [7, 11) is -3.32. The van der Waals surface area contributed by atoms with E-state index in [4.69, 9.17) is 0 Å². The Morgan fingerprint density at radius 1 is 1.29 bits per heavy atom. The zero-order valence-corrected chi connectivity index (χ0v) is 17.9. The number of nitrogens with one attached hydrogen (secondary N) is 1. The van der Waals surface area contributed by atoms with Crippen molar-refractivity contribution in [2.24, 2.45) is 11.8 Å². The van der Waals surface area contributed by atoms with Crippen molar-refractivity contribution >= 4 is 33.2 Å². The number of hydrogen-bond donors (Lipinski definition) is 1. The predicted molar refractivity (Wildman–Crippen MR) is 107 cm³/mol. The van der Waals surface area contributed by atoms with E-state index in [0.29, 0.717) is 26.1 Å². The molecule has 0 aromatic carbocycles. The Labute approximate surface area is 170 Å². The lowest BCUT2D eigenvalue weighted by Gasteiger charge is -2.55. The monoisotopic (exact) mass is 425 g/mol. The van der Waals surface area contributed by atoms with E-state index in [9.17, 15) is 18.0 Å². The van der Waals surface area contributed by atoms with Crippen molar-refractivity contribution in [2.75, 3.05) is 19.3 Å². The second-order valence-corrected chi connectivity index (χ2v) is 11.6. The Balaban J connectivity index is 1.58. The number of hydrogen-bond acceptors (Lipinski definition) is 5. The van der Waals surface area contributed by atoms with Crippen LogP contribution < -0.4 is 5.32 Å². The fourth-order valence-corrected chi connectivity index (χ4v) is 6.83. The molecule has 0 unspecified atom stereocenters. The Morgan fingerprint density at radius 3 is 2.71 bits per heavy atom. The van der Waals surface area contributed by atoms with Gasteiger partial charge in [-0.15, -0.1) is 11.3 Å². The molecule has 0 spiro atoms. The molecule has 3 fully saturated rings. The average molecular weight is 426 g/mol. The summed E-state index contributed by atoms with van der Waals surface area (Å²) in [5, 5.41) is 3.00. The number of nitrogens with zero attached hydrogens (tertiary/aromatic N) is 2. The van der Waals surface area contributed by atoms with Crippen LogP contribution >= 0.6 is 11.3 Å². The number of carbonyl (C=O) groups is 2. The molecule has 9 heteroatoms. The van der Waals surface area contributed by atoms with Crippen LogP contribution in [0.4, 0.5) is 0 Å². The van der Waals surface area contributed by atoms with Crippen molar-refractivity contribution in [1.82, 2.24) is 14.5 Å². The van der Waals surface area contributed by atoms with Crippen LogP contribution in [0, 0.1) is 18.8 Å². The van der Waals surface area contributed by atoms with E-state index in [0.717, 1.165) is 24.1 Å². The van der Waals surface area contributed by atoms with Gasteiger partial charge < -0.3 is 10.2 Å². The molecule has 3 aliphatic heterocycles. The minimum absolute atomic E-state index is 0.0332. The molecule has 154 valence electrons. The molecule has 28 heavy (non-hydrogen) atoms. The van der Waals surface area contributed by atoms with E-state index in [1.807, 2.05) is 19.1 Å². The highest BCUT2D eigenvalue weighted by molar-refractivity contribution is 7.88. The van der Waals surface area contributed by atoms with Gasteiger partial charge in [0, 0.05) is 41.2 Å². The number of aryl methyl sites for hydroxylation is 1. The van der Waals surface area contributed by atoms with E-state index >= 15 is 0 Å². The van der Waals surface area contributed by atoms with Crippen molar-refractivity contribution < 1.29 is 18.0 Å². The third-order valence-corrected chi connectivity index (χ3v) is 8.52. The fraction of sp³-hybridized carbons (Fsp3) is 0.684. The van der Waals surface area contributed by atoms with Gasteiger partial charge in [-0.05, 0) is 44.2 Å². The maximum atomic E-state index is 13.2. The summed E-state index contributed by atoms with van der Waals surface area (Å²) in [6.07, 6.45) is 4.15. The molecule has 0 saturated carbocycles. The number of thiophene rings is 1. The Bertz CT molecular complexity index is 881. The highest BCUT2D eigenvalue weighted by Crippen LogP contribution is 2.42. The minimum atomic E-state index is -3.32. The van der Waals surface area contributed by atoms with Crippen molar-refractivity contribution in [3.8, 4) is 0 Å². The Hall–Kier alpha value is -1.45. The SMILES string of the molecule is Cc1ccc(CNC(=O)[C@H]2[C@@H]3C[C@@H](CN(S(C)(=O)=O)C3)[C@@H]3CCCC(=O)N32)s1. The first-order chi connectivity index (χ1) is 13.2. The number of carbonyl (C=O) groups excluding carboxylic acids is 2. The topological polar surface area (TPSA) is 86.8 Å². The zero-order valence-electron chi connectivity index (χ0n) is 16.3. The maximum Gasteiger partial charge on any atom is 0.243 e. The molecule has 0 radical (unpaired) electrons. The molecule has 1 N–H and O–H groups in total. The van der Waals surface area contributed by atoms with E-state index in [2.05, 4.69) is 5.32 Å². The molecule has 1 aromatic heterocycles. The highest BCUT2D eigenvalue weighted by atomic mass is 32.2. The van der Waals surface area contributed by atoms with Gasteiger partial charge in [-0.2, -0.15) is 0 Å². The molecule has 3 saturated heterocycles. The Kier molecular flexibility index (Phi) is 5.26. The molecule has 1 aromatic rings. The number of rotatable bonds is 4. The van der Waals surface area contributed by atoms with Crippen molar-refractivity contribution in [3.63, 3.8) is 0 Å². The Morgan fingerprint density at radius 2 is 2.04 bits per heavy atom. The molecule has 0 aliphatic carbocycles. The van der Waals surface area contributed by atoms with Gasteiger partial charge in [-0.3, -0.25) is 9.59 Å². The molecule has 4 atom stereocenters. The average Bonchev–Trinajstić information content (AvgIpc) is 3.05. The number of amides is 2. The van der Waals surface area contributed by atoms with Crippen LogP contribution in [0.15, 0.2) is 12.1 Å². The summed E-state index contributed by atoms with van der Waals surface area (Å²) in [6, 6.07) is 3.39. The largest absolute Gasteiger partial charge is 0.349 e. The van der Waals surface area contributed by atoms with E-state index < -0.39 is 16.1 Å². The maximum absolute atomic E-state index is 13.2. The number of sulfonamides is 1. The van der Waals surface area contributed by atoms with E-state index in [-0.39, 0.29) is 29.7 Å². The van der Waals surface area contributed by atoms with Crippen LogP contribution in [0.2, 0.25) is 0 Å². The minimum Gasteiger partial charge on any atom is -0.349 e. The van der Waals surface area contributed by atoms with E-state index in [1.165, 1.54) is 15.4 Å². The fourth-order valence-electron chi connectivity index (χ4n) is 5.08.